The fourth-order valence-electron chi connectivity index (χ4n) is 2.83. The maximum atomic E-state index is 14.1. The third-order valence-electron chi connectivity index (χ3n) is 3.91. The maximum absolute atomic E-state index is 14.1. The average Bonchev–Trinajstić information content (AvgIpc) is 2.42. The van der Waals surface area contributed by atoms with E-state index in [-0.39, 0.29) is 11.9 Å². The SMILES string of the molecule is CCCNC(/C1=C/CCCCCC1)c1ccncc1F. The first-order valence-electron chi connectivity index (χ1n) is 7.84. The van der Waals surface area contributed by atoms with Crippen molar-refractivity contribution >= 4 is 0 Å². The Bertz CT molecular complexity index is 442. The molecular formula is C17H25FN2. The van der Waals surface area contributed by atoms with Crippen LogP contribution in [0.2, 0.25) is 0 Å². The quantitative estimate of drug-likeness (QED) is 0.798. The van der Waals surface area contributed by atoms with Crippen LogP contribution in [-0.4, -0.2) is 11.5 Å². The van der Waals surface area contributed by atoms with Crippen LogP contribution in [0.15, 0.2) is 30.1 Å². The van der Waals surface area contributed by atoms with Crippen molar-refractivity contribution in [3.63, 3.8) is 0 Å². The summed E-state index contributed by atoms with van der Waals surface area (Å²) in [5.74, 6) is -0.205. The molecule has 1 unspecified atom stereocenters. The molecule has 1 heterocycles. The molecule has 0 aromatic carbocycles. The first-order valence-corrected chi connectivity index (χ1v) is 7.84. The molecule has 0 fully saturated rings. The van der Waals surface area contributed by atoms with Crippen molar-refractivity contribution in [3.05, 3.63) is 41.5 Å². The molecule has 0 spiro atoms. The summed E-state index contributed by atoms with van der Waals surface area (Å²) in [6.45, 7) is 3.04. The first-order chi connectivity index (χ1) is 9.83. The number of aromatic nitrogens is 1. The van der Waals surface area contributed by atoms with E-state index < -0.39 is 0 Å². The summed E-state index contributed by atoms with van der Waals surface area (Å²) in [6.07, 6.45) is 13.6. The fraction of sp³-hybridized carbons (Fsp3) is 0.588. The predicted molar refractivity (Wildman–Crippen MR) is 81.0 cm³/mol. The number of halogens is 1. The molecule has 0 saturated heterocycles. The van der Waals surface area contributed by atoms with Gasteiger partial charge < -0.3 is 5.32 Å². The lowest BCUT2D eigenvalue weighted by Crippen LogP contribution is -2.25. The van der Waals surface area contributed by atoms with Crippen LogP contribution in [0.5, 0.6) is 0 Å². The van der Waals surface area contributed by atoms with Gasteiger partial charge in [-0.3, -0.25) is 4.98 Å². The number of hydrogen-bond donors (Lipinski definition) is 1. The van der Waals surface area contributed by atoms with Gasteiger partial charge in [-0.15, -0.1) is 0 Å². The zero-order valence-corrected chi connectivity index (χ0v) is 12.4. The highest BCUT2D eigenvalue weighted by molar-refractivity contribution is 5.28. The standard InChI is InChI=1S/C17H25FN2/c1-2-11-20-17(15-10-12-19-13-16(15)18)14-8-6-4-3-5-7-9-14/h8,10,12-13,17,20H,2-7,9,11H2,1H3/b14-8+. The van der Waals surface area contributed by atoms with Gasteiger partial charge in [0.05, 0.1) is 12.2 Å². The number of hydrogen-bond acceptors (Lipinski definition) is 2. The van der Waals surface area contributed by atoms with Crippen molar-refractivity contribution in [2.75, 3.05) is 6.54 Å². The maximum Gasteiger partial charge on any atom is 0.146 e. The van der Waals surface area contributed by atoms with Gasteiger partial charge in [0.15, 0.2) is 0 Å². The van der Waals surface area contributed by atoms with Crippen LogP contribution in [0.25, 0.3) is 0 Å². The van der Waals surface area contributed by atoms with Gasteiger partial charge in [-0.1, -0.05) is 31.4 Å². The summed E-state index contributed by atoms with van der Waals surface area (Å²) in [7, 11) is 0. The van der Waals surface area contributed by atoms with Crippen LogP contribution in [0.3, 0.4) is 0 Å². The second-order valence-corrected chi connectivity index (χ2v) is 5.52. The topological polar surface area (TPSA) is 24.9 Å². The van der Waals surface area contributed by atoms with E-state index >= 15 is 0 Å². The summed E-state index contributed by atoms with van der Waals surface area (Å²) in [5, 5.41) is 3.51. The molecule has 1 aliphatic carbocycles. The van der Waals surface area contributed by atoms with E-state index in [0.29, 0.717) is 0 Å². The van der Waals surface area contributed by atoms with Crippen molar-refractivity contribution in [2.45, 2.75) is 57.9 Å². The smallest absolute Gasteiger partial charge is 0.146 e. The Morgan fingerprint density at radius 1 is 1.30 bits per heavy atom. The molecule has 0 aliphatic heterocycles. The summed E-state index contributed by atoms with van der Waals surface area (Å²) >= 11 is 0. The van der Waals surface area contributed by atoms with Crippen molar-refractivity contribution in [3.8, 4) is 0 Å². The zero-order valence-electron chi connectivity index (χ0n) is 12.4. The second kappa shape index (κ2) is 8.15. The third kappa shape index (κ3) is 4.14. The van der Waals surface area contributed by atoms with E-state index in [1.807, 2.05) is 6.07 Å². The molecule has 1 atom stereocenters. The van der Waals surface area contributed by atoms with E-state index in [0.717, 1.165) is 31.4 Å². The molecule has 3 heteroatoms. The molecule has 1 aliphatic rings. The molecule has 2 nitrogen and oxygen atoms in total. The van der Waals surface area contributed by atoms with Crippen molar-refractivity contribution in [1.29, 1.82) is 0 Å². The summed E-state index contributed by atoms with van der Waals surface area (Å²) in [5.41, 5.74) is 2.09. The first kappa shape index (κ1) is 15.2. The monoisotopic (exact) mass is 276 g/mol. The highest BCUT2D eigenvalue weighted by Crippen LogP contribution is 2.29. The Kier molecular flexibility index (Phi) is 6.19. The van der Waals surface area contributed by atoms with E-state index in [1.54, 1.807) is 6.20 Å². The van der Waals surface area contributed by atoms with Crippen LogP contribution < -0.4 is 5.32 Å². The second-order valence-electron chi connectivity index (χ2n) is 5.52. The molecular weight excluding hydrogens is 251 g/mol. The Hall–Kier alpha value is -1.22. The Labute approximate surface area is 121 Å². The van der Waals surface area contributed by atoms with Crippen LogP contribution >= 0.6 is 0 Å². The summed E-state index contributed by atoms with van der Waals surface area (Å²) in [6, 6.07) is 1.82. The van der Waals surface area contributed by atoms with Gasteiger partial charge in [-0.25, -0.2) is 4.39 Å². The molecule has 2 rings (SSSR count). The lowest BCUT2D eigenvalue weighted by atomic mass is 9.91. The summed E-state index contributed by atoms with van der Waals surface area (Å²) in [4.78, 5) is 3.86. The molecule has 1 aromatic rings. The van der Waals surface area contributed by atoms with Crippen LogP contribution in [0.1, 0.15) is 63.5 Å². The molecule has 20 heavy (non-hydrogen) atoms. The van der Waals surface area contributed by atoms with E-state index in [1.165, 1.54) is 37.5 Å². The van der Waals surface area contributed by atoms with Gasteiger partial charge >= 0.3 is 0 Å². The normalized spacial score (nSPS) is 20.6. The van der Waals surface area contributed by atoms with Gasteiger partial charge in [-0.2, -0.15) is 0 Å². The van der Waals surface area contributed by atoms with Gasteiger partial charge in [0.25, 0.3) is 0 Å². The number of allylic oxidation sites excluding steroid dienone is 1. The molecule has 0 saturated carbocycles. The van der Waals surface area contributed by atoms with Gasteiger partial charge in [0, 0.05) is 11.8 Å². The van der Waals surface area contributed by atoms with Crippen molar-refractivity contribution in [1.82, 2.24) is 10.3 Å². The van der Waals surface area contributed by atoms with Gasteiger partial charge in [0.1, 0.15) is 5.82 Å². The van der Waals surface area contributed by atoms with Crippen LogP contribution in [-0.2, 0) is 0 Å². The number of rotatable bonds is 5. The molecule has 1 N–H and O–H groups in total. The fourth-order valence-corrected chi connectivity index (χ4v) is 2.83. The lowest BCUT2D eigenvalue weighted by Gasteiger charge is -2.24. The Morgan fingerprint density at radius 2 is 2.15 bits per heavy atom. The highest BCUT2D eigenvalue weighted by atomic mass is 19.1. The average molecular weight is 276 g/mol. The van der Waals surface area contributed by atoms with E-state index in [9.17, 15) is 4.39 Å². The lowest BCUT2D eigenvalue weighted by molar-refractivity contribution is 0.512. The van der Waals surface area contributed by atoms with Crippen molar-refractivity contribution < 1.29 is 4.39 Å². The predicted octanol–water partition coefficient (Wildman–Crippen LogP) is 4.54. The highest BCUT2D eigenvalue weighted by Gasteiger charge is 2.19. The minimum Gasteiger partial charge on any atom is -0.306 e. The molecule has 110 valence electrons. The van der Waals surface area contributed by atoms with Gasteiger partial charge in [-0.05, 0) is 44.7 Å². The molecule has 0 radical (unpaired) electrons. The number of nitrogens with zero attached hydrogens (tertiary/aromatic N) is 1. The zero-order chi connectivity index (χ0) is 14.2. The van der Waals surface area contributed by atoms with Crippen LogP contribution in [0.4, 0.5) is 4.39 Å². The number of nitrogens with one attached hydrogen (secondary N) is 1. The third-order valence-corrected chi connectivity index (χ3v) is 3.91. The Morgan fingerprint density at radius 3 is 2.95 bits per heavy atom. The summed E-state index contributed by atoms with van der Waals surface area (Å²) < 4.78 is 14.1. The van der Waals surface area contributed by atoms with Gasteiger partial charge in [0.2, 0.25) is 0 Å². The molecule has 1 aromatic heterocycles. The molecule has 0 bridgehead atoms. The minimum atomic E-state index is -0.205. The minimum absolute atomic E-state index is 0.0102. The molecule has 0 amide bonds. The van der Waals surface area contributed by atoms with Crippen LogP contribution in [0, 0.1) is 5.82 Å². The van der Waals surface area contributed by atoms with E-state index in [2.05, 4.69) is 23.3 Å². The van der Waals surface area contributed by atoms with E-state index in [4.69, 9.17) is 0 Å². The Balaban J connectivity index is 2.24. The number of pyridine rings is 1. The largest absolute Gasteiger partial charge is 0.306 e. The van der Waals surface area contributed by atoms with Crippen molar-refractivity contribution in [2.24, 2.45) is 0 Å².